The standard InChI is InChI=1S/C38H56N2/c1-7-13-18-29-23-30(19-14-8-2)26-33(25-29)37-35(12-6)36(22-17-11-5)38(40(37)39)34-27-31(20-15-9-3)24-32(28-34)21-16-10-4/h23-28H,7-22H2,1-6H3. The molecular weight excluding hydrogens is 484 g/mol. The maximum atomic E-state index is 12.1. The van der Waals surface area contributed by atoms with E-state index in [4.69, 9.17) is 0 Å². The van der Waals surface area contributed by atoms with Crippen LogP contribution in [0.1, 0.15) is 152 Å². The van der Waals surface area contributed by atoms with Gasteiger partial charge in [-0.25, -0.2) is 4.70 Å². The molecule has 0 unspecified atom stereocenters. The molecule has 2 nitrogen and oxygen atoms in total. The molecular formula is C38H56N2. The Morgan fingerprint density at radius 1 is 0.450 bits per heavy atom. The van der Waals surface area contributed by atoms with Crippen LogP contribution in [-0.4, -0.2) is 4.70 Å². The van der Waals surface area contributed by atoms with Crippen LogP contribution in [0.5, 0.6) is 0 Å². The quantitative estimate of drug-likeness (QED) is 0.168. The number of nitrogens with zero attached hydrogens (tertiary/aromatic N) is 2. The number of hydrogen-bond donors (Lipinski definition) is 0. The van der Waals surface area contributed by atoms with Gasteiger partial charge in [0.15, 0.2) is 0 Å². The monoisotopic (exact) mass is 540 g/mol. The Morgan fingerprint density at radius 2 is 0.775 bits per heavy atom. The first-order chi connectivity index (χ1) is 19.5. The normalized spacial score (nSPS) is 13.7. The van der Waals surface area contributed by atoms with E-state index in [0.29, 0.717) is 0 Å². The summed E-state index contributed by atoms with van der Waals surface area (Å²) in [5.41, 5.74) is 24.9. The van der Waals surface area contributed by atoms with Gasteiger partial charge in [0.2, 0.25) is 11.4 Å². The van der Waals surface area contributed by atoms with E-state index in [0.717, 1.165) is 62.8 Å². The Labute approximate surface area is 246 Å². The lowest BCUT2D eigenvalue weighted by molar-refractivity contribution is -0.345. The Kier molecular flexibility index (Phi) is 13.4. The summed E-state index contributed by atoms with van der Waals surface area (Å²) < 4.78 is 1.59. The van der Waals surface area contributed by atoms with Crippen LogP contribution >= 0.6 is 0 Å². The van der Waals surface area contributed by atoms with Crippen LogP contribution in [0.4, 0.5) is 0 Å². The van der Waals surface area contributed by atoms with Crippen LogP contribution in [0.3, 0.4) is 0 Å². The minimum Gasteiger partial charge on any atom is -0.493 e. The van der Waals surface area contributed by atoms with Crippen molar-refractivity contribution in [3.05, 3.63) is 86.5 Å². The topological polar surface area (TPSA) is 25.3 Å². The smallest absolute Gasteiger partial charge is 0.211 e. The lowest BCUT2D eigenvalue weighted by Crippen LogP contribution is -2.05. The van der Waals surface area contributed by atoms with E-state index in [1.165, 1.54) is 95.9 Å². The van der Waals surface area contributed by atoms with E-state index in [9.17, 15) is 5.53 Å². The molecule has 2 aromatic rings. The van der Waals surface area contributed by atoms with Crippen molar-refractivity contribution in [2.24, 2.45) is 0 Å². The number of rotatable bonds is 18. The van der Waals surface area contributed by atoms with Gasteiger partial charge in [0.1, 0.15) is 0 Å². The van der Waals surface area contributed by atoms with Crippen molar-refractivity contribution < 1.29 is 4.70 Å². The van der Waals surface area contributed by atoms with Crippen LogP contribution in [0.15, 0.2) is 47.5 Å². The van der Waals surface area contributed by atoms with Crippen LogP contribution < -0.4 is 0 Å². The molecule has 0 saturated carbocycles. The Morgan fingerprint density at radius 3 is 1.10 bits per heavy atom. The maximum absolute atomic E-state index is 12.1. The van der Waals surface area contributed by atoms with Gasteiger partial charge in [0.25, 0.3) is 0 Å². The van der Waals surface area contributed by atoms with Crippen LogP contribution in [0, 0.1) is 0 Å². The molecule has 1 heterocycles. The van der Waals surface area contributed by atoms with Gasteiger partial charge >= 0.3 is 0 Å². The van der Waals surface area contributed by atoms with Gasteiger partial charge in [0.05, 0.1) is 0 Å². The van der Waals surface area contributed by atoms with Gasteiger partial charge in [-0.3, -0.25) is 0 Å². The van der Waals surface area contributed by atoms with Crippen molar-refractivity contribution in [2.75, 3.05) is 0 Å². The molecule has 0 amide bonds. The summed E-state index contributed by atoms with van der Waals surface area (Å²) in [6.45, 7) is 13.6. The predicted molar refractivity (Wildman–Crippen MR) is 175 cm³/mol. The number of allylic oxidation sites excluding steroid dienone is 2. The highest BCUT2D eigenvalue weighted by molar-refractivity contribution is 5.82. The molecule has 0 spiro atoms. The van der Waals surface area contributed by atoms with Crippen LogP contribution in [0.25, 0.3) is 16.9 Å². The molecule has 2 heteroatoms. The average Bonchev–Trinajstić information content (AvgIpc) is 3.26. The minimum absolute atomic E-state index is 0.927. The Balaban J connectivity index is 2.17. The van der Waals surface area contributed by atoms with Crippen molar-refractivity contribution in [1.82, 2.24) is 0 Å². The summed E-state index contributed by atoms with van der Waals surface area (Å²) in [5.74, 6) is 0. The van der Waals surface area contributed by atoms with Crippen molar-refractivity contribution in [2.45, 2.75) is 144 Å². The lowest BCUT2D eigenvalue weighted by atomic mass is 9.91. The van der Waals surface area contributed by atoms with E-state index in [-0.39, 0.29) is 0 Å². The molecule has 218 valence electrons. The van der Waals surface area contributed by atoms with Crippen molar-refractivity contribution >= 4 is 11.4 Å². The fourth-order valence-corrected chi connectivity index (χ4v) is 6.15. The molecule has 1 aliphatic heterocycles. The second kappa shape index (κ2) is 16.7. The predicted octanol–water partition coefficient (Wildman–Crippen LogP) is 11.8. The van der Waals surface area contributed by atoms with Gasteiger partial charge in [-0.1, -0.05) is 85.8 Å². The van der Waals surface area contributed by atoms with E-state index >= 15 is 0 Å². The van der Waals surface area contributed by atoms with Crippen molar-refractivity contribution in [3.8, 4) is 0 Å². The van der Waals surface area contributed by atoms with Gasteiger partial charge in [-0.05, 0) is 117 Å². The second-order valence-corrected chi connectivity index (χ2v) is 11.9. The number of benzene rings is 2. The third-order valence-electron chi connectivity index (χ3n) is 8.42. The largest absolute Gasteiger partial charge is 0.493 e. The summed E-state index contributed by atoms with van der Waals surface area (Å²) in [4.78, 5) is 0. The first-order valence-electron chi connectivity index (χ1n) is 16.7. The van der Waals surface area contributed by atoms with Crippen LogP contribution in [0.2, 0.25) is 0 Å². The highest BCUT2D eigenvalue weighted by atomic mass is 15.2. The number of aryl methyl sites for hydroxylation is 4. The van der Waals surface area contributed by atoms with Crippen LogP contribution in [-0.2, 0) is 25.7 Å². The molecule has 3 rings (SSSR count). The summed E-state index contributed by atoms with van der Waals surface area (Å²) in [6.07, 6.45) is 18.3. The summed E-state index contributed by atoms with van der Waals surface area (Å²) in [6, 6.07) is 14.3. The minimum atomic E-state index is 0.927. The summed E-state index contributed by atoms with van der Waals surface area (Å²) >= 11 is 0. The molecule has 1 aliphatic rings. The molecule has 0 N–H and O–H groups in total. The number of unbranched alkanes of at least 4 members (excludes halogenated alkanes) is 5. The zero-order valence-corrected chi connectivity index (χ0v) is 26.7. The Bertz CT molecular complexity index is 1130. The zero-order chi connectivity index (χ0) is 28.9. The fourth-order valence-electron chi connectivity index (χ4n) is 6.15. The molecule has 0 atom stereocenters. The van der Waals surface area contributed by atoms with Crippen molar-refractivity contribution in [3.63, 3.8) is 0 Å². The maximum Gasteiger partial charge on any atom is 0.211 e. The van der Waals surface area contributed by atoms with Gasteiger partial charge in [-0.2, -0.15) is 0 Å². The molecule has 0 aliphatic carbocycles. The first-order valence-corrected chi connectivity index (χ1v) is 16.7. The van der Waals surface area contributed by atoms with Gasteiger partial charge in [-0.15, -0.1) is 0 Å². The highest BCUT2D eigenvalue weighted by Crippen LogP contribution is 2.44. The van der Waals surface area contributed by atoms with E-state index in [1.54, 1.807) is 4.70 Å². The van der Waals surface area contributed by atoms with E-state index < -0.39 is 0 Å². The molecule has 0 aromatic heterocycles. The Hall–Kier alpha value is -2.48. The average molecular weight is 541 g/mol. The van der Waals surface area contributed by atoms with E-state index in [1.807, 2.05) is 0 Å². The van der Waals surface area contributed by atoms with Gasteiger partial charge < -0.3 is 5.53 Å². The highest BCUT2D eigenvalue weighted by Gasteiger charge is 2.35. The molecule has 0 fully saturated rings. The fraction of sp³-hybridized carbons (Fsp3) is 0.579. The zero-order valence-electron chi connectivity index (χ0n) is 26.7. The molecule has 0 bridgehead atoms. The molecule has 40 heavy (non-hydrogen) atoms. The molecule has 0 radical (unpaired) electrons. The third-order valence-corrected chi connectivity index (χ3v) is 8.42. The summed E-state index contributed by atoms with van der Waals surface area (Å²) in [7, 11) is 0. The molecule has 2 aromatic carbocycles. The van der Waals surface area contributed by atoms with Crippen molar-refractivity contribution in [1.29, 1.82) is 0 Å². The van der Waals surface area contributed by atoms with Gasteiger partial charge in [0, 0.05) is 22.3 Å². The second-order valence-electron chi connectivity index (χ2n) is 11.9. The third kappa shape index (κ3) is 8.27. The van der Waals surface area contributed by atoms with E-state index in [2.05, 4.69) is 77.9 Å². The number of hydrogen-bond acceptors (Lipinski definition) is 0. The first kappa shape index (κ1) is 32.0. The summed E-state index contributed by atoms with van der Waals surface area (Å²) in [5, 5.41) is 0. The lowest BCUT2D eigenvalue weighted by Gasteiger charge is -2.14. The molecule has 0 saturated heterocycles. The SMILES string of the molecule is CCCCC1=C(c2cc(CCCC)cc(CCCC)c2)[N+](=[N-])C(c2cc(CCCC)cc(CCCC)c2)=C1CC.